The Labute approximate surface area is 141 Å². The number of furan rings is 1. The second-order valence-electron chi connectivity index (χ2n) is 6.28. The van der Waals surface area contributed by atoms with Crippen molar-refractivity contribution in [1.29, 1.82) is 0 Å². The van der Waals surface area contributed by atoms with Crippen molar-refractivity contribution in [3.8, 4) is 5.75 Å². The number of rotatable bonds is 8. The molecule has 24 heavy (non-hydrogen) atoms. The summed E-state index contributed by atoms with van der Waals surface area (Å²) in [5.74, 6) is 0.966. The van der Waals surface area contributed by atoms with E-state index in [2.05, 4.69) is 5.32 Å². The molecule has 1 aliphatic rings. The lowest BCUT2D eigenvalue weighted by Crippen LogP contribution is -2.53. The monoisotopic (exact) mass is 332 g/mol. The molecule has 0 atom stereocenters. The second kappa shape index (κ2) is 7.23. The van der Waals surface area contributed by atoms with E-state index in [0.717, 1.165) is 41.9 Å². The number of nitrogens with one attached hydrogen (secondary N) is 1. The number of carboxylic acid groups (broad SMARTS) is 1. The van der Waals surface area contributed by atoms with E-state index in [1.54, 1.807) is 7.11 Å². The summed E-state index contributed by atoms with van der Waals surface area (Å²) in [6.07, 6.45) is 1.96. The molecule has 0 unspecified atom stereocenters. The van der Waals surface area contributed by atoms with Crippen molar-refractivity contribution in [2.24, 2.45) is 0 Å². The minimum absolute atomic E-state index is 0.124. The molecule has 0 radical (unpaired) electrons. The highest BCUT2D eigenvalue weighted by Crippen LogP contribution is 2.27. The van der Waals surface area contributed by atoms with E-state index >= 15 is 0 Å². The van der Waals surface area contributed by atoms with Crippen molar-refractivity contribution < 1.29 is 19.1 Å². The Morgan fingerprint density at radius 3 is 2.88 bits per heavy atom. The summed E-state index contributed by atoms with van der Waals surface area (Å²) in [5, 5.41) is 13.5. The third-order valence-corrected chi connectivity index (χ3v) is 4.71. The number of carboxylic acids is 1. The van der Waals surface area contributed by atoms with Gasteiger partial charge in [-0.2, -0.15) is 0 Å². The van der Waals surface area contributed by atoms with Crippen molar-refractivity contribution in [2.75, 3.05) is 20.2 Å². The van der Waals surface area contributed by atoms with Gasteiger partial charge in [0.2, 0.25) is 0 Å². The molecule has 6 heteroatoms. The number of ether oxygens (including phenoxy) is 1. The lowest BCUT2D eigenvalue weighted by Gasteiger charge is -2.42. The Kier molecular flexibility index (Phi) is 5.06. The molecule has 3 rings (SSSR count). The third kappa shape index (κ3) is 3.71. The number of carbonyl (C=O) groups is 1. The molecule has 1 aliphatic carbocycles. The molecule has 1 aromatic carbocycles. The van der Waals surface area contributed by atoms with Crippen LogP contribution in [0, 0.1) is 0 Å². The molecular formula is C18H24N2O4. The van der Waals surface area contributed by atoms with E-state index in [1.807, 2.05) is 36.1 Å². The number of likely N-dealkylation sites (N-methyl/N-ethyl adjacent to an activating group) is 1. The molecule has 130 valence electrons. The first kappa shape index (κ1) is 16.8. The molecule has 0 spiro atoms. The van der Waals surface area contributed by atoms with Gasteiger partial charge in [-0.25, -0.2) is 0 Å². The lowest BCUT2D eigenvalue weighted by atomic mass is 9.85. The topological polar surface area (TPSA) is 74.9 Å². The molecule has 0 bridgehead atoms. The van der Waals surface area contributed by atoms with Crippen molar-refractivity contribution in [1.82, 2.24) is 10.2 Å². The normalized spacial score (nSPS) is 20.3. The average Bonchev–Trinajstić information content (AvgIpc) is 2.93. The van der Waals surface area contributed by atoms with Crippen LogP contribution < -0.4 is 10.1 Å². The van der Waals surface area contributed by atoms with E-state index in [4.69, 9.17) is 14.3 Å². The maximum atomic E-state index is 10.9. The molecule has 2 N–H and O–H groups in total. The van der Waals surface area contributed by atoms with Crippen LogP contribution in [0.25, 0.3) is 11.0 Å². The van der Waals surface area contributed by atoms with Gasteiger partial charge in [0.25, 0.3) is 0 Å². The van der Waals surface area contributed by atoms with Gasteiger partial charge in [-0.3, -0.25) is 9.69 Å². The molecule has 1 heterocycles. The Bertz CT molecular complexity index is 706. The van der Waals surface area contributed by atoms with Crippen LogP contribution in [0.1, 0.15) is 25.5 Å². The van der Waals surface area contributed by atoms with Crippen LogP contribution in [-0.2, 0) is 11.3 Å². The number of hydrogen-bond acceptors (Lipinski definition) is 5. The minimum Gasteiger partial charge on any atom is -0.497 e. The largest absolute Gasteiger partial charge is 0.497 e. The SMILES string of the molecule is CCN(CC(=O)O)C1CC(NCc2cc3cc(OC)ccc3o2)C1. The molecule has 0 amide bonds. The molecule has 1 fully saturated rings. The summed E-state index contributed by atoms with van der Waals surface area (Å²) in [7, 11) is 1.65. The smallest absolute Gasteiger partial charge is 0.317 e. The standard InChI is InChI=1S/C18H24N2O4/c1-3-20(11-18(21)22)14-8-13(9-14)19-10-16-7-12-6-15(23-2)4-5-17(12)24-16/h4-7,13-14,19H,3,8-11H2,1-2H3,(H,21,22). The highest BCUT2D eigenvalue weighted by Gasteiger charge is 2.33. The summed E-state index contributed by atoms with van der Waals surface area (Å²) in [6.45, 7) is 3.58. The number of nitrogens with zero attached hydrogens (tertiary/aromatic N) is 1. The minimum atomic E-state index is -0.758. The highest BCUT2D eigenvalue weighted by atomic mass is 16.5. The van der Waals surface area contributed by atoms with Crippen LogP contribution in [-0.4, -0.2) is 48.3 Å². The van der Waals surface area contributed by atoms with E-state index in [1.165, 1.54) is 0 Å². The molecular weight excluding hydrogens is 308 g/mol. The van der Waals surface area contributed by atoms with Crippen molar-refractivity contribution >= 4 is 16.9 Å². The van der Waals surface area contributed by atoms with Crippen LogP contribution in [0.2, 0.25) is 0 Å². The van der Waals surface area contributed by atoms with Gasteiger partial charge >= 0.3 is 5.97 Å². The van der Waals surface area contributed by atoms with Gasteiger partial charge in [0.15, 0.2) is 0 Å². The average molecular weight is 332 g/mol. The predicted octanol–water partition coefficient (Wildman–Crippen LogP) is 2.47. The molecule has 0 saturated heterocycles. The van der Waals surface area contributed by atoms with Gasteiger partial charge < -0.3 is 19.6 Å². The van der Waals surface area contributed by atoms with E-state index in [-0.39, 0.29) is 6.54 Å². The van der Waals surface area contributed by atoms with Gasteiger partial charge in [0, 0.05) is 17.5 Å². The van der Waals surface area contributed by atoms with Crippen LogP contribution in [0.15, 0.2) is 28.7 Å². The fourth-order valence-corrected chi connectivity index (χ4v) is 3.26. The van der Waals surface area contributed by atoms with E-state index in [0.29, 0.717) is 18.6 Å². The van der Waals surface area contributed by atoms with Gasteiger partial charge in [-0.15, -0.1) is 0 Å². The maximum Gasteiger partial charge on any atom is 0.317 e. The van der Waals surface area contributed by atoms with Crippen molar-refractivity contribution in [2.45, 2.75) is 38.4 Å². The molecule has 6 nitrogen and oxygen atoms in total. The summed E-state index contributed by atoms with van der Waals surface area (Å²) < 4.78 is 11.1. The molecule has 2 aromatic rings. The summed E-state index contributed by atoms with van der Waals surface area (Å²) in [4.78, 5) is 12.9. The first-order valence-corrected chi connectivity index (χ1v) is 8.34. The van der Waals surface area contributed by atoms with Gasteiger partial charge in [0.1, 0.15) is 17.1 Å². The van der Waals surface area contributed by atoms with Crippen LogP contribution in [0.3, 0.4) is 0 Å². The fraction of sp³-hybridized carbons (Fsp3) is 0.500. The van der Waals surface area contributed by atoms with Crippen LogP contribution >= 0.6 is 0 Å². The zero-order valence-corrected chi connectivity index (χ0v) is 14.1. The highest BCUT2D eigenvalue weighted by molar-refractivity contribution is 5.79. The molecule has 1 saturated carbocycles. The lowest BCUT2D eigenvalue weighted by molar-refractivity contribution is -0.139. The number of benzene rings is 1. The summed E-state index contributed by atoms with van der Waals surface area (Å²) in [6, 6.07) is 8.59. The van der Waals surface area contributed by atoms with Gasteiger partial charge in [0.05, 0.1) is 20.2 Å². The Morgan fingerprint density at radius 2 is 2.21 bits per heavy atom. The van der Waals surface area contributed by atoms with Crippen LogP contribution in [0.4, 0.5) is 0 Å². The number of hydrogen-bond donors (Lipinski definition) is 2. The summed E-state index contributed by atoms with van der Waals surface area (Å²) in [5.41, 5.74) is 0.859. The number of methoxy groups -OCH3 is 1. The Balaban J connectivity index is 1.50. The Morgan fingerprint density at radius 1 is 1.42 bits per heavy atom. The predicted molar refractivity (Wildman–Crippen MR) is 91.3 cm³/mol. The number of aliphatic carboxylic acids is 1. The molecule has 1 aromatic heterocycles. The van der Waals surface area contributed by atoms with E-state index in [9.17, 15) is 4.79 Å². The third-order valence-electron chi connectivity index (χ3n) is 4.71. The summed E-state index contributed by atoms with van der Waals surface area (Å²) >= 11 is 0. The second-order valence-corrected chi connectivity index (χ2v) is 6.28. The Hall–Kier alpha value is -2.05. The first-order chi connectivity index (χ1) is 11.6. The van der Waals surface area contributed by atoms with E-state index < -0.39 is 5.97 Å². The zero-order chi connectivity index (χ0) is 17.1. The van der Waals surface area contributed by atoms with Gasteiger partial charge in [-0.05, 0) is 43.7 Å². The quantitative estimate of drug-likeness (QED) is 0.773. The molecule has 0 aliphatic heterocycles. The van der Waals surface area contributed by atoms with Gasteiger partial charge in [-0.1, -0.05) is 6.92 Å². The van der Waals surface area contributed by atoms with Crippen molar-refractivity contribution in [3.05, 3.63) is 30.0 Å². The fourth-order valence-electron chi connectivity index (χ4n) is 3.26. The first-order valence-electron chi connectivity index (χ1n) is 8.34. The zero-order valence-electron chi connectivity index (χ0n) is 14.1. The maximum absolute atomic E-state index is 10.9. The number of fused-ring (bicyclic) bond motifs is 1. The van der Waals surface area contributed by atoms with Crippen molar-refractivity contribution in [3.63, 3.8) is 0 Å². The van der Waals surface area contributed by atoms with Crippen LogP contribution in [0.5, 0.6) is 5.75 Å².